The summed E-state index contributed by atoms with van der Waals surface area (Å²) in [6.07, 6.45) is -9.95. The van der Waals surface area contributed by atoms with Gasteiger partial charge in [0, 0.05) is 19.1 Å². The van der Waals surface area contributed by atoms with Crippen LogP contribution in [0, 0.1) is 5.92 Å². The lowest BCUT2D eigenvalue weighted by atomic mass is 9.92. The van der Waals surface area contributed by atoms with Crippen LogP contribution in [-0.4, -0.2) is 45.3 Å². The highest BCUT2D eigenvalue weighted by atomic mass is 19.4. The van der Waals surface area contributed by atoms with E-state index in [9.17, 15) is 31.1 Å². The Kier molecular flexibility index (Phi) is 10.4. The van der Waals surface area contributed by atoms with Crippen molar-refractivity contribution in [2.24, 2.45) is 5.92 Å². The van der Waals surface area contributed by atoms with Gasteiger partial charge in [0.25, 0.3) is 5.60 Å². The topological polar surface area (TPSA) is 54.0 Å². The van der Waals surface area contributed by atoms with Gasteiger partial charge >= 0.3 is 18.3 Å². The monoisotopic (exact) mass is 522 g/mol. The average Bonchev–Trinajstić information content (AvgIpc) is 2.81. The molecule has 0 bridgehead atoms. The molecule has 2 aromatic carbocycles. The molecule has 2 aromatic rings. The standard InChI is InChI=1S/C25H28F6O5/c1-18(13-16-35-21-11-9-20(10-12-21)34-15-6-14-23(26,27)28)17-36-22(32)24(33-2,25(29,30)31)19-7-4-3-5-8-19/h3-5,7-12,18H,6,13-17H2,1-2H3/t18-,24+/m0/s1. The largest absolute Gasteiger partial charge is 0.494 e. The summed E-state index contributed by atoms with van der Waals surface area (Å²) in [6, 6.07) is 12.8. The molecule has 0 unspecified atom stereocenters. The van der Waals surface area contributed by atoms with E-state index in [4.69, 9.17) is 18.9 Å². The lowest BCUT2D eigenvalue weighted by Crippen LogP contribution is -2.52. The van der Waals surface area contributed by atoms with Crippen molar-refractivity contribution in [1.29, 1.82) is 0 Å². The Bertz CT molecular complexity index is 931. The molecule has 0 aliphatic heterocycles. The summed E-state index contributed by atoms with van der Waals surface area (Å²) in [6.45, 7) is 1.54. The second kappa shape index (κ2) is 12.8. The normalized spacial score (nSPS) is 14.6. The molecule has 0 aliphatic rings. The summed E-state index contributed by atoms with van der Waals surface area (Å²) in [5.41, 5.74) is -3.62. The average molecular weight is 522 g/mol. The molecule has 0 aliphatic carbocycles. The fourth-order valence-corrected chi connectivity index (χ4v) is 3.26. The fourth-order valence-electron chi connectivity index (χ4n) is 3.26. The van der Waals surface area contributed by atoms with E-state index in [2.05, 4.69) is 0 Å². The molecule has 0 amide bonds. The van der Waals surface area contributed by atoms with Crippen LogP contribution in [0.1, 0.15) is 31.7 Å². The zero-order valence-corrected chi connectivity index (χ0v) is 19.8. The number of carbonyl (C=O) groups is 1. The van der Waals surface area contributed by atoms with Crippen LogP contribution in [0.2, 0.25) is 0 Å². The molecule has 0 N–H and O–H groups in total. The number of benzene rings is 2. The van der Waals surface area contributed by atoms with Gasteiger partial charge in [-0.1, -0.05) is 37.3 Å². The van der Waals surface area contributed by atoms with Gasteiger partial charge in [-0.25, -0.2) is 4.79 Å². The third-order valence-electron chi connectivity index (χ3n) is 5.25. The Hall–Kier alpha value is -2.95. The minimum atomic E-state index is -5.04. The van der Waals surface area contributed by atoms with Gasteiger partial charge in [0.2, 0.25) is 0 Å². The highest BCUT2D eigenvalue weighted by molar-refractivity contribution is 5.82. The van der Waals surface area contributed by atoms with Gasteiger partial charge in [0.1, 0.15) is 11.5 Å². The van der Waals surface area contributed by atoms with Crippen molar-refractivity contribution >= 4 is 5.97 Å². The quantitative estimate of drug-likeness (QED) is 0.172. The minimum Gasteiger partial charge on any atom is -0.494 e. The van der Waals surface area contributed by atoms with Gasteiger partial charge in [-0.2, -0.15) is 26.3 Å². The number of carbonyl (C=O) groups excluding carboxylic acids is 1. The first-order chi connectivity index (χ1) is 16.9. The van der Waals surface area contributed by atoms with Crippen LogP contribution in [0.15, 0.2) is 54.6 Å². The number of ether oxygens (including phenoxy) is 4. The van der Waals surface area contributed by atoms with Crippen molar-refractivity contribution in [3.8, 4) is 11.5 Å². The van der Waals surface area contributed by atoms with Crippen LogP contribution < -0.4 is 9.47 Å². The Morgan fingerprint density at radius 3 is 1.92 bits per heavy atom. The number of hydrogen-bond donors (Lipinski definition) is 0. The molecule has 0 saturated heterocycles. The Balaban J connectivity index is 1.81. The van der Waals surface area contributed by atoms with E-state index < -0.39 is 30.3 Å². The Labute approximate surface area is 205 Å². The smallest absolute Gasteiger partial charge is 0.432 e. The summed E-state index contributed by atoms with van der Waals surface area (Å²) in [7, 11) is 0.803. The van der Waals surface area contributed by atoms with Gasteiger partial charge < -0.3 is 18.9 Å². The number of rotatable bonds is 13. The van der Waals surface area contributed by atoms with Crippen LogP contribution in [0.5, 0.6) is 11.5 Å². The first-order valence-electron chi connectivity index (χ1n) is 11.2. The number of methoxy groups -OCH3 is 1. The summed E-state index contributed by atoms with van der Waals surface area (Å²) in [5.74, 6) is -0.998. The van der Waals surface area contributed by atoms with E-state index in [1.54, 1.807) is 31.2 Å². The third-order valence-corrected chi connectivity index (χ3v) is 5.25. The molecule has 0 radical (unpaired) electrons. The molecule has 0 spiro atoms. The van der Waals surface area contributed by atoms with Crippen molar-refractivity contribution in [2.75, 3.05) is 26.9 Å². The highest BCUT2D eigenvalue weighted by Crippen LogP contribution is 2.43. The van der Waals surface area contributed by atoms with Crippen molar-refractivity contribution in [1.82, 2.24) is 0 Å². The zero-order valence-electron chi connectivity index (χ0n) is 19.8. The van der Waals surface area contributed by atoms with E-state index in [0.717, 1.165) is 19.2 Å². The van der Waals surface area contributed by atoms with E-state index in [1.807, 2.05) is 0 Å². The van der Waals surface area contributed by atoms with E-state index in [-0.39, 0.29) is 37.7 Å². The van der Waals surface area contributed by atoms with Crippen LogP contribution >= 0.6 is 0 Å². The van der Waals surface area contributed by atoms with Gasteiger partial charge in [-0.3, -0.25) is 0 Å². The lowest BCUT2D eigenvalue weighted by Gasteiger charge is -2.32. The van der Waals surface area contributed by atoms with Gasteiger partial charge in [-0.05, 0) is 43.0 Å². The van der Waals surface area contributed by atoms with Crippen LogP contribution in [0.25, 0.3) is 0 Å². The van der Waals surface area contributed by atoms with Crippen LogP contribution in [-0.2, 0) is 19.9 Å². The zero-order chi connectivity index (χ0) is 26.8. The van der Waals surface area contributed by atoms with Crippen molar-refractivity contribution in [3.63, 3.8) is 0 Å². The molecular weight excluding hydrogens is 494 g/mol. The predicted octanol–water partition coefficient (Wildman–Crippen LogP) is 6.46. The molecular formula is C25H28F6O5. The maximum atomic E-state index is 13.9. The molecule has 0 aromatic heterocycles. The van der Waals surface area contributed by atoms with E-state index >= 15 is 0 Å². The maximum absolute atomic E-state index is 13.9. The molecule has 2 atom stereocenters. The second-order valence-electron chi connectivity index (χ2n) is 8.13. The molecule has 36 heavy (non-hydrogen) atoms. The number of esters is 1. The van der Waals surface area contributed by atoms with Gasteiger partial charge in [0.05, 0.1) is 19.8 Å². The summed E-state index contributed by atoms with van der Waals surface area (Å²) in [4.78, 5) is 12.6. The predicted molar refractivity (Wildman–Crippen MR) is 119 cm³/mol. The molecule has 5 nitrogen and oxygen atoms in total. The molecule has 2 rings (SSSR count). The molecule has 11 heteroatoms. The molecule has 200 valence electrons. The fraction of sp³-hybridized carbons (Fsp3) is 0.480. The maximum Gasteiger partial charge on any atom is 0.432 e. The number of alkyl halides is 6. The molecule has 0 heterocycles. The van der Waals surface area contributed by atoms with Gasteiger partial charge in [0.15, 0.2) is 0 Å². The van der Waals surface area contributed by atoms with Crippen LogP contribution in [0.3, 0.4) is 0 Å². The molecule has 0 saturated carbocycles. The SMILES string of the molecule is CO[C@@](C(=O)OC[C@@H](C)CCOc1ccc(OCCCC(F)(F)F)cc1)(c1ccccc1)C(F)(F)F. The highest BCUT2D eigenvalue weighted by Gasteiger charge is 2.64. The van der Waals surface area contributed by atoms with Crippen LogP contribution in [0.4, 0.5) is 26.3 Å². The molecule has 0 fully saturated rings. The first kappa shape index (κ1) is 29.3. The Morgan fingerprint density at radius 2 is 1.42 bits per heavy atom. The van der Waals surface area contributed by atoms with E-state index in [0.29, 0.717) is 17.9 Å². The summed E-state index contributed by atoms with van der Waals surface area (Å²) in [5, 5.41) is 0. The van der Waals surface area contributed by atoms with Gasteiger partial charge in [-0.15, -0.1) is 0 Å². The third kappa shape index (κ3) is 8.32. The lowest BCUT2D eigenvalue weighted by molar-refractivity contribution is -0.276. The van der Waals surface area contributed by atoms with Crippen molar-refractivity contribution in [3.05, 3.63) is 60.2 Å². The Morgan fingerprint density at radius 1 is 0.861 bits per heavy atom. The second-order valence-corrected chi connectivity index (χ2v) is 8.13. The van der Waals surface area contributed by atoms with Crippen molar-refractivity contribution < 1.29 is 50.1 Å². The summed E-state index contributed by atoms with van der Waals surface area (Å²) < 4.78 is 98.6. The van der Waals surface area contributed by atoms with E-state index in [1.165, 1.54) is 18.2 Å². The summed E-state index contributed by atoms with van der Waals surface area (Å²) >= 11 is 0. The van der Waals surface area contributed by atoms with Crippen molar-refractivity contribution in [2.45, 2.75) is 44.1 Å². The number of hydrogen-bond acceptors (Lipinski definition) is 5. The minimum absolute atomic E-state index is 0.0705. The first-order valence-corrected chi connectivity index (χ1v) is 11.2. The number of halogens is 6.